The highest BCUT2D eigenvalue weighted by molar-refractivity contribution is 7.88. The zero-order valence-corrected chi connectivity index (χ0v) is 15.5. The third-order valence-corrected chi connectivity index (χ3v) is 5.65. The Morgan fingerprint density at radius 3 is 2.43 bits per heavy atom. The molecule has 1 aliphatic heterocycles. The highest BCUT2D eigenvalue weighted by Crippen LogP contribution is 2.47. The molecule has 4 aromatic rings. The summed E-state index contributed by atoms with van der Waals surface area (Å²) in [5.41, 5.74) is -4.51. The first-order valence-electron chi connectivity index (χ1n) is 8.50. The number of fused-ring (bicyclic) bond motifs is 4. The first-order chi connectivity index (χ1) is 14.2. The Kier molecular flexibility index (Phi) is 3.75. The van der Waals surface area contributed by atoms with Gasteiger partial charge in [0.25, 0.3) is 0 Å². The molecule has 1 aromatic heterocycles. The van der Waals surface area contributed by atoms with E-state index in [4.69, 9.17) is 4.74 Å². The molecule has 0 N–H and O–H groups in total. The zero-order chi connectivity index (χ0) is 21.3. The molecule has 5 nitrogen and oxygen atoms in total. The lowest BCUT2D eigenvalue weighted by Crippen LogP contribution is -2.28. The van der Waals surface area contributed by atoms with E-state index in [0.29, 0.717) is 33.5 Å². The highest BCUT2D eigenvalue weighted by Gasteiger charge is 2.49. The number of ether oxygens (including phenoxy) is 1. The molecule has 5 rings (SSSR count). The van der Waals surface area contributed by atoms with Gasteiger partial charge >= 0.3 is 15.6 Å². The molecule has 0 atom stereocenters. The van der Waals surface area contributed by atoms with Crippen molar-refractivity contribution in [2.75, 3.05) is 0 Å². The largest absolute Gasteiger partial charge is 0.534 e. The summed E-state index contributed by atoms with van der Waals surface area (Å²) >= 11 is 0. The van der Waals surface area contributed by atoms with Gasteiger partial charge in [-0.15, -0.1) is 0 Å². The van der Waals surface area contributed by atoms with Crippen LogP contribution in [0, 0.1) is 5.82 Å². The van der Waals surface area contributed by atoms with Gasteiger partial charge in [0.1, 0.15) is 11.5 Å². The second-order valence-electron chi connectivity index (χ2n) is 6.52. The first-order valence-corrected chi connectivity index (χ1v) is 9.90. The van der Waals surface area contributed by atoms with Crippen LogP contribution in [0.4, 0.5) is 17.6 Å². The maximum absolute atomic E-state index is 14.5. The lowest BCUT2D eigenvalue weighted by molar-refractivity contribution is -0.0500. The average molecular weight is 435 g/mol. The third-order valence-electron chi connectivity index (χ3n) is 4.68. The molecule has 0 bridgehead atoms. The van der Waals surface area contributed by atoms with Crippen molar-refractivity contribution in [2.24, 2.45) is 0 Å². The number of hydrogen-bond donors (Lipinski definition) is 0. The van der Waals surface area contributed by atoms with Crippen molar-refractivity contribution in [1.82, 2.24) is 4.98 Å². The van der Waals surface area contributed by atoms with Crippen molar-refractivity contribution in [1.29, 1.82) is 0 Å². The Morgan fingerprint density at radius 2 is 1.67 bits per heavy atom. The molecule has 0 amide bonds. The van der Waals surface area contributed by atoms with Crippen molar-refractivity contribution < 1.29 is 34.9 Å². The molecule has 30 heavy (non-hydrogen) atoms. The Balaban J connectivity index is 1.80. The standard InChI is InChI=1S/C20H9F4NO4S/c21-13-8-12-10-5-3-7-16-18(10)19(11-4-1-2-6-15(11)28-16)25-14(12)9-17(13)29-30(26,27)20(22,23)24/h1-9H. The van der Waals surface area contributed by atoms with Crippen LogP contribution in [0.25, 0.3) is 32.9 Å². The lowest BCUT2D eigenvalue weighted by atomic mass is 9.97. The van der Waals surface area contributed by atoms with Crippen molar-refractivity contribution >= 4 is 31.8 Å². The first kappa shape index (κ1) is 18.6. The Labute approximate surface area is 166 Å². The normalized spacial score (nSPS) is 13.2. The Bertz CT molecular complexity index is 1470. The van der Waals surface area contributed by atoms with Gasteiger partial charge in [0.05, 0.1) is 16.6 Å². The van der Waals surface area contributed by atoms with Gasteiger partial charge in [-0.3, -0.25) is 0 Å². The van der Waals surface area contributed by atoms with E-state index >= 15 is 0 Å². The third kappa shape index (κ3) is 2.67. The summed E-state index contributed by atoms with van der Waals surface area (Å²) < 4.78 is 84.9. The fourth-order valence-corrected chi connectivity index (χ4v) is 3.86. The fourth-order valence-electron chi connectivity index (χ4n) is 3.41. The van der Waals surface area contributed by atoms with Crippen molar-refractivity contribution in [2.45, 2.75) is 5.51 Å². The summed E-state index contributed by atoms with van der Waals surface area (Å²) in [6.07, 6.45) is 0. The van der Waals surface area contributed by atoms with Gasteiger partial charge in [0.15, 0.2) is 11.6 Å². The van der Waals surface area contributed by atoms with E-state index < -0.39 is 27.2 Å². The van der Waals surface area contributed by atoms with E-state index in [9.17, 15) is 26.0 Å². The molecular formula is C20H9F4NO4S. The molecule has 2 heterocycles. The Morgan fingerprint density at radius 1 is 0.933 bits per heavy atom. The van der Waals surface area contributed by atoms with Gasteiger partial charge in [0.2, 0.25) is 0 Å². The van der Waals surface area contributed by atoms with E-state index in [1.165, 1.54) is 0 Å². The summed E-state index contributed by atoms with van der Waals surface area (Å²) in [5.74, 6) is -1.33. The van der Waals surface area contributed by atoms with Crippen LogP contribution >= 0.6 is 0 Å². The SMILES string of the molecule is O=S(=O)(Oc1cc2nc3c4c(cccc4c2cc1F)Oc1ccccc1-3)C(F)(F)F. The maximum atomic E-state index is 14.5. The molecule has 10 heteroatoms. The molecule has 152 valence electrons. The fraction of sp³-hybridized carbons (Fsp3) is 0.0500. The van der Waals surface area contributed by atoms with Crippen molar-refractivity contribution in [3.8, 4) is 28.5 Å². The van der Waals surface area contributed by atoms with E-state index in [0.717, 1.165) is 12.1 Å². The number of aromatic nitrogens is 1. The molecule has 0 radical (unpaired) electrons. The predicted octanol–water partition coefficient (Wildman–Crippen LogP) is 5.53. The van der Waals surface area contributed by atoms with Gasteiger partial charge in [-0.2, -0.15) is 21.6 Å². The number of hydrogen-bond acceptors (Lipinski definition) is 5. The number of alkyl halides is 3. The minimum absolute atomic E-state index is 0.0696. The summed E-state index contributed by atoms with van der Waals surface area (Å²) in [5, 5.41) is 1.43. The number of para-hydroxylation sites is 1. The molecular weight excluding hydrogens is 426 g/mol. The molecule has 0 spiro atoms. The summed E-state index contributed by atoms with van der Waals surface area (Å²) in [4.78, 5) is 4.47. The van der Waals surface area contributed by atoms with Crippen molar-refractivity contribution in [3.05, 3.63) is 60.4 Å². The summed E-state index contributed by atoms with van der Waals surface area (Å²) in [6, 6.07) is 13.9. The zero-order valence-electron chi connectivity index (χ0n) is 14.7. The number of rotatable bonds is 2. The number of nitrogens with zero attached hydrogens (tertiary/aromatic N) is 1. The Hall–Kier alpha value is -3.40. The van der Waals surface area contributed by atoms with E-state index in [1.54, 1.807) is 42.5 Å². The topological polar surface area (TPSA) is 65.5 Å². The summed E-state index contributed by atoms with van der Waals surface area (Å²) in [6.45, 7) is 0. The quantitative estimate of drug-likeness (QED) is 0.158. The summed E-state index contributed by atoms with van der Waals surface area (Å²) in [7, 11) is -6.03. The van der Waals surface area contributed by atoms with Gasteiger partial charge in [-0.1, -0.05) is 24.3 Å². The average Bonchev–Trinajstić information content (AvgIpc) is 2.68. The van der Waals surface area contributed by atoms with Crippen LogP contribution in [0.3, 0.4) is 0 Å². The minimum atomic E-state index is -6.03. The highest BCUT2D eigenvalue weighted by atomic mass is 32.2. The van der Waals surface area contributed by atoms with Crippen LogP contribution in [0.2, 0.25) is 0 Å². The predicted molar refractivity (Wildman–Crippen MR) is 100 cm³/mol. The maximum Gasteiger partial charge on any atom is 0.534 e. The molecule has 0 saturated carbocycles. The molecule has 3 aromatic carbocycles. The number of halogens is 4. The smallest absolute Gasteiger partial charge is 0.456 e. The second kappa shape index (κ2) is 6.05. The lowest BCUT2D eigenvalue weighted by Gasteiger charge is -2.21. The van der Waals surface area contributed by atoms with Gasteiger partial charge in [-0.05, 0) is 29.7 Å². The van der Waals surface area contributed by atoms with Crippen LogP contribution in [0.1, 0.15) is 0 Å². The van der Waals surface area contributed by atoms with E-state index in [-0.39, 0.29) is 10.9 Å². The molecule has 0 saturated heterocycles. The van der Waals surface area contributed by atoms with Crippen LogP contribution < -0.4 is 8.92 Å². The minimum Gasteiger partial charge on any atom is -0.456 e. The van der Waals surface area contributed by atoms with Gasteiger partial charge < -0.3 is 8.92 Å². The monoisotopic (exact) mass is 435 g/mol. The van der Waals surface area contributed by atoms with E-state index in [1.807, 2.05) is 0 Å². The molecule has 0 aliphatic carbocycles. The van der Waals surface area contributed by atoms with Gasteiger partial charge in [-0.25, -0.2) is 9.37 Å². The molecule has 0 fully saturated rings. The van der Waals surface area contributed by atoms with Crippen LogP contribution in [0.5, 0.6) is 17.2 Å². The number of benzene rings is 3. The van der Waals surface area contributed by atoms with Crippen LogP contribution in [-0.4, -0.2) is 18.9 Å². The van der Waals surface area contributed by atoms with Crippen molar-refractivity contribution in [3.63, 3.8) is 0 Å². The second-order valence-corrected chi connectivity index (χ2v) is 8.06. The number of pyridine rings is 1. The van der Waals surface area contributed by atoms with Crippen LogP contribution in [0.15, 0.2) is 54.6 Å². The van der Waals surface area contributed by atoms with Crippen LogP contribution in [-0.2, 0) is 10.1 Å². The van der Waals surface area contributed by atoms with E-state index in [2.05, 4.69) is 9.17 Å². The van der Waals surface area contributed by atoms with Gasteiger partial charge in [0, 0.05) is 17.0 Å². The molecule has 0 unspecified atom stereocenters. The molecule has 1 aliphatic rings.